The van der Waals surface area contributed by atoms with E-state index in [0.29, 0.717) is 0 Å². The Morgan fingerprint density at radius 3 is 2.06 bits per heavy atom. The third kappa shape index (κ3) is 3.05. The Balaban J connectivity index is 3.46. The zero-order valence-electron chi connectivity index (χ0n) is 7.86. The Bertz CT molecular complexity index is 514. The van der Waals surface area contributed by atoms with Crippen LogP contribution in [0.5, 0.6) is 0 Å². The summed E-state index contributed by atoms with van der Waals surface area (Å²) in [6.45, 7) is 0. The molecule has 0 fully saturated rings. The molecule has 0 saturated heterocycles. The molecule has 0 N–H and O–H groups in total. The Morgan fingerprint density at radius 1 is 1.31 bits per heavy atom. The molecule has 0 aromatic heterocycles. The van der Waals surface area contributed by atoms with E-state index < -0.39 is 16.1 Å². The van der Waals surface area contributed by atoms with Gasteiger partial charge in [0.05, 0.1) is 17.6 Å². The Hall–Kier alpha value is 0.0600. The lowest BCUT2D eigenvalue weighted by Gasteiger charge is -2.12. The van der Waals surface area contributed by atoms with Gasteiger partial charge in [0, 0.05) is 7.14 Å². The molecule has 88 valence electrons. The molecule has 0 spiro atoms. The summed E-state index contributed by atoms with van der Waals surface area (Å²) in [5.74, 6) is -0.578. The van der Waals surface area contributed by atoms with Crippen LogP contribution in [0.3, 0.4) is 0 Å². The summed E-state index contributed by atoms with van der Waals surface area (Å²) in [6.07, 6.45) is 0. The SMILES string of the molecule is COC(=O)c1cc(I)c(S(=O)(=O)[O-])c(I)c1. The van der Waals surface area contributed by atoms with Gasteiger partial charge in [0.2, 0.25) is 0 Å². The molecule has 0 atom stereocenters. The average Bonchev–Trinajstić information content (AvgIpc) is 2.13. The van der Waals surface area contributed by atoms with Crippen molar-refractivity contribution in [2.24, 2.45) is 0 Å². The molecule has 0 aliphatic carbocycles. The molecule has 8 heteroatoms. The number of halogens is 2. The highest BCUT2D eigenvalue weighted by Crippen LogP contribution is 2.25. The number of hydrogen-bond acceptors (Lipinski definition) is 5. The zero-order valence-corrected chi connectivity index (χ0v) is 13.0. The first-order valence-corrected chi connectivity index (χ1v) is 7.37. The van der Waals surface area contributed by atoms with Gasteiger partial charge >= 0.3 is 5.97 Å². The lowest BCUT2D eigenvalue weighted by Crippen LogP contribution is -2.08. The fourth-order valence-electron chi connectivity index (χ4n) is 1.03. The maximum Gasteiger partial charge on any atom is 0.337 e. The highest BCUT2D eigenvalue weighted by molar-refractivity contribution is 14.1. The van der Waals surface area contributed by atoms with Gasteiger partial charge in [-0.1, -0.05) is 0 Å². The van der Waals surface area contributed by atoms with Gasteiger partial charge in [-0.05, 0) is 57.3 Å². The summed E-state index contributed by atoms with van der Waals surface area (Å²) in [7, 11) is -3.31. The van der Waals surface area contributed by atoms with Crippen LogP contribution in [0.1, 0.15) is 10.4 Å². The van der Waals surface area contributed by atoms with Crippen LogP contribution in [0.4, 0.5) is 0 Å². The van der Waals surface area contributed by atoms with Crippen molar-refractivity contribution < 1.29 is 22.5 Å². The molecule has 16 heavy (non-hydrogen) atoms. The molecule has 0 aliphatic heterocycles. The van der Waals surface area contributed by atoms with E-state index in [4.69, 9.17) is 0 Å². The molecule has 0 radical (unpaired) electrons. The number of carbonyl (C=O) groups is 1. The number of hydrogen-bond donors (Lipinski definition) is 0. The van der Waals surface area contributed by atoms with Gasteiger partial charge in [0.25, 0.3) is 0 Å². The molecule has 0 saturated carbocycles. The first kappa shape index (κ1) is 14.1. The fourth-order valence-corrected chi connectivity index (χ4v) is 5.02. The third-order valence-corrected chi connectivity index (χ3v) is 5.04. The van der Waals surface area contributed by atoms with Crippen LogP contribution < -0.4 is 0 Å². The second kappa shape index (κ2) is 5.14. The molecular weight excluding hydrogens is 462 g/mol. The Kier molecular flexibility index (Phi) is 4.54. The number of methoxy groups -OCH3 is 1. The molecule has 0 amide bonds. The lowest BCUT2D eigenvalue weighted by atomic mass is 10.2. The van der Waals surface area contributed by atoms with Crippen LogP contribution >= 0.6 is 45.2 Å². The number of carbonyl (C=O) groups excluding carboxylic acids is 1. The monoisotopic (exact) mass is 467 g/mol. The minimum absolute atomic E-state index is 0.208. The van der Waals surface area contributed by atoms with E-state index in [2.05, 4.69) is 4.74 Å². The van der Waals surface area contributed by atoms with E-state index >= 15 is 0 Å². The predicted octanol–water partition coefficient (Wildman–Crippen LogP) is 1.59. The molecule has 0 bridgehead atoms. The second-order valence-electron chi connectivity index (χ2n) is 2.71. The average molecular weight is 467 g/mol. The number of ether oxygens (including phenoxy) is 1. The van der Waals surface area contributed by atoms with Crippen LogP contribution in [-0.2, 0) is 14.9 Å². The quantitative estimate of drug-likeness (QED) is 0.375. The Morgan fingerprint density at radius 2 is 1.75 bits per heavy atom. The van der Waals surface area contributed by atoms with Crippen molar-refractivity contribution in [3.05, 3.63) is 24.8 Å². The molecule has 0 unspecified atom stereocenters. The van der Waals surface area contributed by atoms with Gasteiger partial charge < -0.3 is 9.29 Å². The molecule has 1 rings (SSSR count). The minimum atomic E-state index is -4.53. The van der Waals surface area contributed by atoms with Crippen molar-refractivity contribution in [2.75, 3.05) is 7.11 Å². The van der Waals surface area contributed by atoms with Gasteiger partial charge in [0.1, 0.15) is 10.1 Å². The van der Waals surface area contributed by atoms with Gasteiger partial charge in [-0.25, -0.2) is 13.2 Å². The van der Waals surface area contributed by atoms with Crippen molar-refractivity contribution >= 4 is 61.3 Å². The van der Waals surface area contributed by atoms with Crippen molar-refractivity contribution in [1.82, 2.24) is 0 Å². The summed E-state index contributed by atoms with van der Waals surface area (Å²) >= 11 is 3.39. The maximum atomic E-state index is 11.2. The van der Waals surface area contributed by atoms with Crippen molar-refractivity contribution in [3.63, 3.8) is 0 Å². The summed E-state index contributed by atoms with van der Waals surface area (Å²) < 4.78 is 37.7. The summed E-state index contributed by atoms with van der Waals surface area (Å²) in [6, 6.07) is 2.61. The normalized spacial score (nSPS) is 11.2. The third-order valence-electron chi connectivity index (χ3n) is 1.67. The highest BCUT2D eigenvalue weighted by Gasteiger charge is 2.16. The van der Waals surface area contributed by atoms with Crippen molar-refractivity contribution in [1.29, 1.82) is 0 Å². The molecule has 0 aliphatic rings. The van der Waals surface area contributed by atoms with Gasteiger partial charge in [-0.3, -0.25) is 0 Å². The van der Waals surface area contributed by atoms with Crippen LogP contribution in [0, 0.1) is 7.14 Å². The molecular formula is C8H5I2O5S-. The summed E-state index contributed by atoms with van der Waals surface area (Å²) in [5, 5.41) is 0. The number of esters is 1. The minimum Gasteiger partial charge on any atom is -0.744 e. The first-order valence-electron chi connectivity index (χ1n) is 3.80. The van der Waals surface area contributed by atoms with Gasteiger partial charge in [-0.15, -0.1) is 0 Å². The first-order chi connectivity index (χ1) is 7.27. The van der Waals surface area contributed by atoms with Gasteiger partial charge in [-0.2, -0.15) is 0 Å². The maximum absolute atomic E-state index is 11.2. The zero-order chi connectivity index (χ0) is 12.5. The fraction of sp³-hybridized carbons (Fsp3) is 0.125. The van der Waals surface area contributed by atoms with E-state index in [1.165, 1.54) is 19.2 Å². The largest absolute Gasteiger partial charge is 0.744 e. The smallest absolute Gasteiger partial charge is 0.337 e. The van der Waals surface area contributed by atoms with E-state index in [9.17, 15) is 17.8 Å². The van der Waals surface area contributed by atoms with Crippen LogP contribution in [0.15, 0.2) is 17.0 Å². The highest BCUT2D eigenvalue weighted by atomic mass is 127. The van der Waals surface area contributed by atoms with Crippen LogP contribution in [0.2, 0.25) is 0 Å². The summed E-state index contributed by atoms with van der Waals surface area (Å²) in [4.78, 5) is 10.9. The van der Waals surface area contributed by atoms with E-state index in [1.807, 2.05) is 0 Å². The second-order valence-corrected chi connectivity index (χ2v) is 6.36. The lowest BCUT2D eigenvalue weighted by molar-refractivity contribution is 0.0600. The molecule has 0 heterocycles. The standard InChI is InChI=1S/C8H6I2O5S/c1-15-8(11)4-2-5(9)7(6(10)3-4)16(12,13)14/h2-3H,1H3,(H,12,13,14)/p-1. The van der Waals surface area contributed by atoms with Gasteiger partial charge in [0.15, 0.2) is 0 Å². The number of rotatable bonds is 2. The van der Waals surface area contributed by atoms with E-state index in [0.717, 1.165) is 0 Å². The predicted molar refractivity (Wildman–Crippen MR) is 71.2 cm³/mol. The van der Waals surface area contributed by atoms with E-state index in [1.54, 1.807) is 45.2 Å². The molecule has 1 aromatic carbocycles. The number of benzene rings is 1. The summed E-state index contributed by atoms with van der Waals surface area (Å²) in [5.41, 5.74) is 0.212. The Labute approximate surface area is 120 Å². The van der Waals surface area contributed by atoms with Crippen molar-refractivity contribution in [2.45, 2.75) is 4.90 Å². The molecule has 5 nitrogen and oxygen atoms in total. The van der Waals surface area contributed by atoms with Crippen molar-refractivity contribution in [3.8, 4) is 0 Å². The topological polar surface area (TPSA) is 83.5 Å². The van der Waals surface area contributed by atoms with E-state index in [-0.39, 0.29) is 17.6 Å². The van der Waals surface area contributed by atoms with Crippen LogP contribution in [-0.4, -0.2) is 26.0 Å². The van der Waals surface area contributed by atoms with Crippen LogP contribution in [0.25, 0.3) is 0 Å². The molecule has 1 aromatic rings.